The molecule has 2 aromatic rings. The average Bonchev–Trinajstić information content (AvgIpc) is 3.23. The van der Waals surface area contributed by atoms with Gasteiger partial charge in [0, 0.05) is 30.9 Å². The number of benzene rings is 1. The Hall–Kier alpha value is -2.19. The molecule has 4 rings (SSSR count). The monoisotopic (exact) mass is 430 g/mol. The van der Waals surface area contributed by atoms with Crippen molar-refractivity contribution >= 4 is 15.8 Å². The van der Waals surface area contributed by atoms with Crippen LogP contribution in [0.2, 0.25) is 0 Å². The number of sulfonamides is 1. The number of hydrogen-bond donors (Lipinski definition) is 0. The fourth-order valence-corrected chi connectivity index (χ4v) is 5.76. The standard InChI is InChI=1S/C22H30N4O3S/c1-16-18-9-6-13-25(15-12-17-8-4-5-11-20(17)29-2)22(18)24-21(23-16)19-10-7-14-26(19)30(3,27)28/h4-5,8,11,19H,6-7,9-10,12-15H2,1-3H3. The van der Waals surface area contributed by atoms with Crippen LogP contribution in [0.15, 0.2) is 24.3 Å². The molecule has 1 fully saturated rings. The summed E-state index contributed by atoms with van der Waals surface area (Å²) in [5, 5.41) is 0. The smallest absolute Gasteiger partial charge is 0.211 e. The van der Waals surface area contributed by atoms with E-state index in [0.717, 1.165) is 62.5 Å². The molecule has 0 saturated carbocycles. The van der Waals surface area contributed by atoms with Crippen molar-refractivity contribution in [2.24, 2.45) is 0 Å². The Morgan fingerprint density at radius 3 is 2.73 bits per heavy atom. The molecule has 30 heavy (non-hydrogen) atoms. The van der Waals surface area contributed by atoms with Crippen molar-refractivity contribution in [2.75, 3.05) is 37.9 Å². The van der Waals surface area contributed by atoms with Crippen LogP contribution in [0.5, 0.6) is 5.75 Å². The lowest BCUT2D eigenvalue weighted by Crippen LogP contribution is -2.35. The van der Waals surface area contributed by atoms with Gasteiger partial charge < -0.3 is 9.64 Å². The zero-order valence-electron chi connectivity index (χ0n) is 18.0. The summed E-state index contributed by atoms with van der Waals surface area (Å²) in [4.78, 5) is 12.0. The maximum Gasteiger partial charge on any atom is 0.211 e. The van der Waals surface area contributed by atoms with Gasteiger partial charge >= 0.3 is 0 Å². The number of fused-ring (bicyclic) bond motifs is 1. The van der Waals surface area contributed by atoms with E-state index in [9.17, 15) is 8.42 Å². The molecule has 7 nitrogen and oxygen atoms in total. The topological polar surface area (TPSA) is 75.6 Å². The summed E-state index contributed by atoms with van der Waals surface area (Å²) in [5.74, 6) is 2.52. The van der Waals surface area contributed by atoms with Crippen molar-refractivity contribution in [3.05, 3.63) is 46.9 Å². The Morgan fingerprint density at radius 2 is 1.97 bits per heavy atom. The van der Waals surface area contributed by atoms with Crippen LogP contribution in [-0.2, 0) is 22.9 Å². The van der Waals surface area contributed by atoms with Gasteiger partial charge in [0.25, 0.3) is 0 Å². The highest BCUT2D eigenvalue weighted by Gasteiger charge is 2.35. The van der Waals surface area contributed by atoms with Gasteiger partial charge in [-0.3, -0.25) is 0 Å². The van der Waals surface area contributed by atoms with E-state index in [1.54, 1.807) is 11.4 Å². The van der Waals surface area contributed by atoms with E-state index in [1.165, 1.54) is 17.4 Å². The van der Waals surface area contributed by atoms with Crippen LogP contribution in [0.1, 0.15) is 47.9 Å². The van der Waals surface area contributed by atoms with E-state index in [1.807, 2.05) is 25.1 Å². The number of methoxy groups -OCH3 is 1. The van der Waals surface area contributed by atoms with Crippen LogP contribution < -0.4 is 9.64 Å². The molecule has 0 amide bonds. The highest BCUT2D eigenvalue weighted by molar-refractivity contribution is 7.88. The quantitative estimate of drug-likeness (QED) is 0.701. The molecule has 162 valence electrons. The summed E-state index contributed by atoms with van der Waals surface area (Å²) in [6, 6.07) is 7.84. The molecule has 0 N–H and O–H groups in total. The van der Waals surface area contributed by atoms with Crippen LogP contribution in [-0.4, -0.2) is 55.7 Å². The Labute approximate surface area is 179 Å². The SMILES string of the molecule is COc1ccccc1CCN1CCCc2c(C)nc(C3CCCN3S(C)(=O)=O)nc21. The minimum atomic E-state index is -3.28. The Morgan fingerprint density at radius 1 is 1.17 bits per heavy atom. The number of aromatic nitrogens is 2. The van der Waals surface area contributed by atoms with E-state index in [4.69, 9.17) is 14.7 Å². The summed E-state index contributed by atoms with van der Waals surface area (Å²) < 4.78 is 31.5. The molecule has 0 aliphatic carbocycles. The van der Waals surface area contributed by atoms with Crippen LogP contribution in [0, 0.1) is 6.92 Å². The van der Waals surface area contributed by atoms with Crippen molar-refractivity contribution < 1.29 is 13.2 Å². The van der Waals surface area contributed by atoms with Crippen LogP contribution in [0.3, 0.4) is 0 Å². The Balaban J connectivity index is 1.62. The van der Waals surface area contributed by atoms with E-state index in [0.29, 0.717) is 12.4 Å². The molecule has 1 aromatic carbocycles. The van der Waals surface area contributed by atoms with Gasteiger partial charge in [0.15, 0.2) is 0 Å². The second kappa shape index (κ2) is 8.51. The Bertz CT molecular complexity index is 1030. The molecule has 1 unspecified atom stereocenters. The summed E-state index contributed by atoms with van der Waals surface area (Å²) in [7, 11) is -1.57. The fourth-order valence-electron chi connectivity index (χ4n) is 4.64. The van der Waals surface area contributed by atoms with Crippen LogP contribution in [0.25, 0.3) is 0 Å². The van der Waals surface area contributed by atoms with Crippen LogP contribution in [0.4, 0.5) is 5.82 Å². The first-order valence-electron chi connectivity index (χ1n) is 10.6. The average molecular weight is 431 g/mol. The number of anilines is 1. The van der Waals surface area contributed by atoms with E-state index in [2.05, 4.69) is 11.0 Å². The van der Waals surface area contributed by atoms with Crippen molar-refractivity contribution in [3.8, 4) is 5.75 Å². The highest BCUT2D eigenvalue weighted by atomic mass is 32.2. The van der Waals surface area contributed by atoms with Gasteiger partial charge in [0.05, 0.1) is 19.4 Å². The molecule has 8 heteroatoms. The minimum absolute atomic E-state index is 0.262. The molecular weight excluding hydrogens is 400 g/mol. The first-order chi connectivity index (χ1) is 14.4. The lowest BCUT2D eigenvalue weighted by Gasteiger charge is -2.32. The normalized spacial score (nSPS) is 19.7. The summed E-state index contributed by atoms with van der Waals surface area (Å²) in [6.45, 7) is 4.34. The molecule has 2 aliphatic rings. The lowest BCUT2D eigenvalue weighted by atomic mass is 10.0. The number of ether oxygens (including phenoxy) is 1. The summed E-state index contributed by atoms with van der Waals surface area (Å²) in [6.07, 6.45) is 5.78. The number of hydrogen-bond acceptors (Lipinski definition) is 6. The van der Waals surface area contributed by atoms with Gasteiger partial charge in [-0.05, 0) is 50.7 Å². The van der Waals surface area contributed by atoms with E-state index in [-0.39, 0.29) is 6.04 Å². The second-order valence-corrected chi connectivity index (χ2v) is 10.1. The molecule has 1 saturated heterocycles. The number of aryl methyl sites for hydroxylation is 1. The van der Waals surface area contributed by atoms with E-state index < -0.39 is 10.0 Å². The largest absolute Gasteiger partial charge is 0.496 e. The lowest BCUT2D eigenvalue weighted by molar-refractivity contribution is 0.385. The maximum atomic E-state index is 12.2. The van der Waals surface area contributed by atoms with Gasteiger partial charge in [-0.25, -0.2) is 18.4 Å². The predicted molar refractivity (Wildman–Crippen MR) is 118 cm³/mol. The fraction of sp³-hybridized carbons (Fsp3) is 0.545. The van der Waals surface area contributed by atoms with Crippen molar-refractivity contribution in [2.45, 2.75) is 45.1 Å². The van der Waals surface area contributed by atoms with Gasteiger partial charge in [-0.15, -0.1) is 0 Å². The number of nitrogens with zero attached hydrogens (tertiary/aromatic N) is 4. The van der Waals surface area contributed by atoms with Gasteiger partial charge in [-0.2, -0.15) is 4.31 Å². The summed E-state index contributed by atoms with van der Waals surface area (Å²) >= 11 is 0. The third-order valence-electron chi connectivity index (χ3n) is 6.14. The predicted octanol–water partition coefficient (Wildman–Crippen LogP) is 2.89. The van der Waals surface area contributed by atoms with Crippen LogP contribution >= 0.6 is 0 Å². The zero-order chi connectivity index (χ0) is 21.3. The second-order valence-electron chi connectivity index (χ2n) is 8.15. The highest BCUT2D eigenvalue weighted by Crippen LogP contribution is 2.35. The van der Waals surface area contributed by atoms with Gasteiger partial charge in [-0.1, -0.05) is 18.2 Å². The molecule has 2 aliphatic heterocycles. The summed E-state index contributed by atoms with van der Waals surface area (Å²) in [5.41, 5.74) is 3.34. The third-order valence-corrected chi connectivity index (χ3v) is 7.42. The first-order valence-corrected chi connectivity index (χ1v) is 12.4. The molecule has 3 heterocycles. The van der Waals surface area contributed by atoms with Gasteiger partial charge in [0.1, 0.15) is 17.4 Å². The molecular formula is C22H30N4O3S. The van der Waals surface area contributed by atoms with Crippen molar-refractivity contribution in [1.82, 2.24) is 14.3 Å². The zero-order valence-corrected chi connectivity index (χ0v) is 18.8. The molecule has 0 spiro atoms. The molecule has 1 aromatic heterocycles. The van der Waals surface area contributed by atoms with E-state index >= 15 is 0 Å². The minimum Gasteiger partial charge on any atom is -0.496 e. The van der Waals surface area contributed by atoms with Gasteiger partial charge in [0.2, 0.25) is 10.0 Å². The molecule has 1 atom stereocenters. The number of rotatable bonds is 6. The molecule has 0 bridgehead atoms. The van der Waals surface area contributed by atoms with Crippen molar-refractivity contribution in [3.63, 3.8) is 0 Å². The number of para-hydroxylation sites is 1. The first kappa shape index (κ1) is 21.1. The maximum absolute atomic E-state index is 12.2. The Kier molecular flexibility index (Phi) is 5.97. The molecule has 0 radical (unpaired) electrons. The van der Waals surface area contributed by atoms with Crippen molar-refractivity contribution in [1.29, 1.82) is 0 Å². The third kappa shape index (κ3) is 4.16.